The van der Waals surface area contributed by atoms with Gasteiger partial charge in [0, 0.05) is 20.7 Å². The van der Waals surface area contributed by atoms with E-state index in [0.717, 1.165) is 10.4 Å². The zero-order valence-corrected chi connectivity index (χ0v) is 11.7. The Labute approximate surface area is 111 Å². The van der Waals surface area contributed by atoms with Crippen LogP contribution in [-0.4, -0.2) is 45.4 Å². The molecule has 1 aromatic rings. The summed E-state index contributed by atoms with van der Waals surface area (Å²) in [4.78, 5) is -0.353. The Hall–Kier alpha value is -0.690. The topological polar surface area (TPSA) is 46.6 Å². The zero-order chi connectivity index (χ0) is 13.8. The molecule has 0 amide bonds. The quantitative estimate of drug-likeness (QED) is 0.751. The van der Waals surface area contributed by atoms with E-state index in [0.29, 0.717) is 0 Å². The standard InChI is InChI=1S/C11H15ClFNO3S/c1-14(7-9(12)8-17-2)18(15,16)11-6-4-3-5-10(11)13/h3-6,9H,7-8H2,1-2H3. The number of methoxy groups -OCH3 is 1. The predicted molar refractivity (Wildman–Crippen MR) is 67.7 cm³/mol. The Kier molecular flexibility index (Phi) is 5.52. The highest BCUT2D eigenvalue weighted by atomic mass is 35.5. The van der Waals surface area contributed by atoms with Crippen LogP contribution in [-0.2, 0) is 14.8 Å². The molecule has 0 radical (unpaired) electrons. The first-order chi connectivity index (χ1) is 8.39. The molecule has 0 aliphatic carbocycles. The summed E-state index contributed by atoms with van der Waals surface area (Å²) < 4.78 is 43.5. The maximum Gasteiger partial charge on any atom is 0.245 e. The molecule has 1 atom stereocenters. The fourth-order valence-electron chi connectivity index (χ4n) is 1.43. The number of hydrogen-bond acceptors (Lipinski definition) is 3. The summed E-state index contributed by atoms with van der Waals surface area (Å²) in [6, 6.07) is 5.23. The number of benzene rings is 1. The van der Waals surface area contributed by atoms with Crippen molar-refractivity contribution in [1.29, 1.82) is 0 Å². The number of ether oxygens (including phenoxy) is 1. The van der Waals surface area contributed by atoms with E-state index in [-0.39, 0.29) is 18.0 Å². The highest BCUT2D eigenvalue weighted by Gasteiger charge is 2.25. The summed E-state index contributed by atoms with van der Waals surface area (Å²) in [5.74, 6) is -0.776. The number of halogens is 2. The lowest BCUT2D eigenvalue weighted by Crippen LogP contribution is -2.34. The summed E-state index contributed by atoms with van der Waals surface area (Å²) >= 11 is 5.88. The SMILES string of the molecule is COCC(Cl)CN(C)S(=O)(=O)c1ccccc1F. The van der Waals surface area contributed by atoms with E-state index in [1.807, 2.05) is 0 Å². The van der Waals surface area contributed by atoms with Gasteiger partial charge in [0.15, 0.2) is 0 Å². The van der Waals surface area contributed by atoms with Crippen LogP contribution in [0, 0.1) is 5.82 Å². The highest BCUT2D eigenvalue weighted by Crippen LogP contribution is 2.18. The van der Waals surface area contributed by atoms with Crippen molar-refractivity contribution in [3.63, 3.8) is 0 Å². The van der Waals surface area contributed by atoms with Crippen LogP contribution in [0.25, 0.3) is 0 Å². The lowest BCUT2D eigenvalue weighted by atomic mass is 10.4. The van der Waals surface area contributed by atoms with Crippen LogP contribution in [0.1, 0.15) is 0 Å². The summed E-state index contributed by atoms with van der Waals surface area (Å²) in [5.41, 5.74) is 0. The molecular weight excluding hydrogens is 281 g/mol. The molecule has 0 N–H and O–H groups in total. The van der Waals surface area contributed by atoms with Gasteiger partial charge in [-0.2, -0.15) is 4.31 Å². The number of sulfonamides is 1. The molecule has 0 aromatic heterocycles. The van der Waals surface area contributed by atoms with E-state index in [1.54, 1.807) is 0 Å². The molecule has 0 saturated carbocycles. The summed E-state index contributed by atoms with van der Waals surface area (Å²) in [6.45, 7) is 0.269. The molecule has 0 heterocycles. The highest BCUT2D eigenvalue weighted by molar-refractivity contribution is 7.89. The second-order valence-corrected chi connectivity index (χ2v) is 6.40. The normalized spacial score (nSPS) is 13.8. The molecule has 0 aliphatic rings. The van der Waals surface area contributed by atoms with Gasteiger partial charge in [-0.1, -0.05) is 12.1 Å². The summed E-state index contributed by atoms with van der Waals surface area (Å²) in [5, 5.41) is -0.485. The first kappa shape index (κ1) is 15.4. The first-order valence-electron chi connectivity index (χ1n) is 5.23. The molecule has 0 spiro atoms. The second kappa shape index (κ2) is 6.47. The molecule has 1 aromatic carbocycles. The Bertz CT molecular complexity index is 495. The van der Waals surface area contributed by atoms with Gasteiger partial charge >= 0.3 is 0 Å². The van der Waals surface area contributed by atoms with Gasteiger partial charge in [-0.25, -0.2) is 12.8 Å². The van der Waals surface area contributed by atoms with Crippen LogP contribution in [0.3, 0.4) is 0 Å². The van der Waals surface area contributed by atoms with Crippen LogP contribution in [0.2, 0.25) is 0 Å². The fourth-order valence-corrected chi connectivity index (χ4v) is 3.12. The van der Waals surface area contributed by atoms with Gasteiger partial charge in [-0.05, 0) is 12.1 Å². The molecule has 0 aliphatic heterocycles. The van der Waals surface area contributed by atoms with E-state index in [9.17, 15) is 12.8 Å². The molecule has 0 saturated heterocycles. The average Bonchev–Trinajstić information content (AvgIpc) is 2.29. The minimum absolute atomic E-state index is 0.0477. The predicted octanol–water partition coefficient (Wildman–Crippen LogP) is 1.70. The minimum atomic E-state index is -3.86. The van der Waals surface area contributed by atoms with E-state index in [1.165, 1.54) is 32.4 Å². The van der Waals surface area contributed by atoms with E-state index in [4.69, 9.17) is 16.3 Å². The molecule has 0 fully saturated rings. The van der Waals surface area contributed by atoms with Gasteiger partial charge in [0.25, 0.3) is 0 Å². The largest absolute Gasteiger partial charge is 0.383 e. The van der Waals surface area contributed by atoms with Crippen molar-refractivity contribution in [1.82, 2.24) is 4.31 Å². The van der Waals surface area contributed by atoms with Crippen molar-refractivity contribution in [2.45, 2.75) is 10.3 Å². The molecule has 102 valence electrons. The Morgan fingerprint density at radius 2 is 2.06 bits per heavy atom. The lowest BCUT2D eigenvalue weighted by molar-refractivity contribution is 0.192. The number of nitrogens with zero attached hydrogens (tertiary/aromatic N) is 1. The zero-order valence-electron chi connectivity index (χ0n) is 10.1. The number of rotatable bonds is 6. The molecule has 1 unspecified atom stereocenters. The van der Waals surface area contributed by atoms with Crippen molar-refractivity contribution in [3.05, 3.63) is 30.1 Å². The van der Waals surface area contributed by atoms with E-state index in [2.05, 4.69) is 0 Å². The molecule has 7 heteroatoms. The first-order valence-corrected chi connectivity index (χ1v) is 7.11. The Morgan fingerprint density at radius 3 is 2.61 bits per heavy atom. The van der Waals surface area contributed by atoms with Crippen LogP contribution in [0.5, 0.6) is 0 Å². The van der Waals surface area contributed by atoms with E-state index < -0.39 is 21.2 Å². The van der Waals surface area contributed by atoms with Gasteiger partial charge < -0.3 is 4.74 Å². The molecule has 0 bridgehead atoms. The van der Waals surface area contributed by atoms with Crippen LogP contribution >= 0.6 is 11.6 Å². The van der Waals surface area contributed by atoms with Crippen molar-refractivity contribution >= 4 is 21.6 Å². The smallest absolute Gasteiger partial charge is 0.245 e. The van der Waals surface area contributed by atoms with Crippen molar-refractivity contribution < 1.29 is 17.5 Å². The van der Waals surface area contributed by atoms with Gasteiger partial charge in [0.05, 0.1) is 12.0 Å². The van der Waals surface area contributed by atoms with Crippen LogP contribution in [0.4, 0.5) is 4.39 Å². The summed E-state index contributed by atoms with van der Waals surface area (Å²) in [7, 11) is -1.04. The van der Waals surface area contributed by atoms with Gasteiger partial charge in [-0.3, -0.25) is 0 Å². The van der Waals surface area contributed by atoms with Gasteiger partial charge in [0.1, 0.15) is 10.7 Å². The monoisotopic (exact) mass is 295 g/mol. The Balaban J connectivity index is 2.90. The maximum absolute atomic E-state index is 13.5. The third-order valence-corrected chi connectivity index (χ3v) is 4.45. The van der Waals surface area contributed by atoms with E-state index >= 15 is 0 Å². The summed E-state index contributed by atoms with van der Waals surface area (Å²) in [6.07, 6.45) is 0. The number of alkyl halides is 1. The second-order valence-electron chi connectivity index (χ2n) is 3.77. The minimum Gasteiger partial charge on any atom is -0.383 e. The van der Waals surface area contributed by atoms with Gasteiger partial charge in [0.2, 0.25) is 10.0 Å². The van der Waals surface area contributed by atoms with Crippen LogP contribution < -0.4 is 0 Å². The Morgan fingerprint density at radius 1 is 1.44 bits per heavy atom. The fraction of sp³-hybridized carbons (Fsp3) is 0.455. The maximum atomic E-state index is 13.5. The van der Waals surface area contributed by atoms with Gasteiger partial charge in [-0.15, -0.1) is 11.6 Å². The van der Waals surface area contributed by atoms with Crippen LogP contribution in [0.15, 0.2) is 29.2 Å². The van der Waals surface area contributed by atoms with Crippen molar-refractivity contribution in [2.75, 3.05) is 27.3 Å². The number of hydrogen-bond donors (Lipinski definition) is 0. The lowest BCUT2D eigenvalue weighted by Gasteiger charge is -2.20. The van der Waals surface area contributed by atoms with Crippen molar-refractivity contribution in [2.24, 2.45) is 0 Å². The molecule has 4 nitrogen and oxygen atoms in total. The molecule has 18 heavy (non-hydrogen) atoms. The molecular formula is C11H15ClFNO3S. The third kappa shape index (κ3) is 3.65. The third-order valence-electron chi connectivity index (χ3n) is 2.33. The molecule has 1 rings (SSSR count). The average molecular weight is 296 g/mol. The van der Waals surface area contributed by atoms with Crippen molar-refractivity contribution in [3.8, 4) is 0 Å².